The van der Waals surface area contributed by atoms with E-state index in [1.54, 1.807) is 0 Å². The van der Waals surface area contributed by atoms with Gasteiger partial charge in [0.05, 0.1) is 5.69 Å². The highest BCUT2D eigenvalue weighted by Gasteiger charge is 2.32. The van der Waals surface area contributed by atoms with Crippen molar-refractivity contribution in [3.05, 3.63) is 29.1 Å². The van der Waals surface area contributed by atoms with Gasteiger partial charge in [0.1, 0.15) is 0 Å². The Morgan fingerprint density at radius 1 is 1.25 bits per heavy atom. The van der Waals surface area contributed by atoms with Crippen LogP contribution in [-0.4, -0.2) is 37.2 Å². The van der Waals surface area contributed by atoms with Crippen LogP contribution in [-0.2, 0) is 16.7 Å². The van der Waals surface area contributed by atoms with Gasteiger partial charge in [0.15, 0.2) is 0 Å². The number of aromatic nitrogens is 1. The molecule has 2 rings (SSSR count). The number of hydrogen-bond acceptors (Lipinski definition) is 3. The van der Waals surface area contributed by atoms with E-state index in [1.165, 1.54) is 17.0 Å². The van der Waals surface area contributed by atoms with Crippen LogP contribution < -0.4 is 0 Å². The first kappa shape index (κ1) is 15.5. The molecule has 0 atom stereocenters. The van der Waals surface area contributed by atoms with Gasteiger partial charge in [-0.25, -0.2) is 0 Å². The SMILES string of the molecule is CC(C)c1ccc(C2(C)CCOCC2)c(CN(C)C)n1. The molecule has 0 saturated carbocycles. The fourth-order valence-electron chi connectivity index (χ4n) is 2.90. The lowest BCUT2D eigenvalue weighted by Crippen LogP contribution is -2.33. The lowest BCUT2D eigenvalue weighted by molar-refractivity contribution is 0.0558. The van der Waals surface area contributed by atoms with Crippen molar-refractivity contribution >= 4 is 0 Å². The first-order valence-electron chi connectivity index (χ1n) is 7.65. The minimum absolute atomic E-state index is 0.214. The average molecular weight is 276 g/mol. The van der Waals surface area contributed by atoms with Gasteiger partial charge in [0.25, 0.3) is 0 Å². The van der Waals surface area contributed by atoms with Crippen molar-refractivity contribution in [3.63, 3.8) is 0 Å². The predicted molar refractivity (Wildman–Crippen MR) is 83.1 cm³/mol. The molecule has 0 radical (unpaired) electrons. The Morgan fingerprint density at radius 3 is 2.45 bits per heavy atom. The van der Waals surface area contributed by atoms with Gasteiger partial charge in [-0.2, -0.15) is 0 Å². The summed E-state index contributed by atoms with van der Waals surface area (Å²) in [5.41, 5.74) is 4.07. The molecule has 20 heavy (non-hydrogen) atoms. The number of ether oxygens (including phenoxy) is 1. The standard InChI is InChI=1S/C17H28N2O/c1-13(2)15-7-6-14(16(18-15)12-19(4)5)17(3)8-10-20-11-9-17/h6-7,13H,8-12H2,1-5H3. The Kier molecular flexibility index (Phi) is 4.82. The van der Waals surface area contributed by atoms with Crippen LogP contribution in [0.5, 0.6) is 0 Å². The van der Waals surface area contributed by atoms with Gasteiger partial charge in [-0.1, -0.05) is 26.8 Å². The molecule has 1 aliphatic heterocycles. The van der Waals surface area contributed by atoms with Crippen molar-refractivity contribution in [2.24, 2.45) is 0 Å². The maximum absolute atomic E-state index is 5.54. The Labute approximate surface area is 123 Å². The molecule has 1 saturated heterocycles. The molecule has 0 bridgehead atoms. The highest BCUT2D eigenvalue weighted by Crippen LogP contribution is 2.36. The van der Waals surface area contributed by atoms with Crippen molar-refractivity contribution in [2.45, 2.75) is 51.5 Å². The lowest BCUT2D eigenvalue weighted by Gasteiger charge is -2.35. The molecular formula is C17H28N2O. The van der Waals surface area contributed by atoms with Crippen molar-refractivity contribution in [1.29, 1.82) is 0 Å². The van der Waals surface area contributed by atoms with E-state index in [0.717, 1.165) is 32.6 Å². The van der Waals surface area contributed by atoms with Crippen LogP contribution in [0.3, 0.4) is 0 Å². The zero-order valence-corrected chi connectivity index (χ0v) is 13.6. The largest absolute Gasteiger partial charge is 0.381 e. The molecule has 1 aliphatic rings. The molecule has 1 fully saturated rings. The predicted octanol–water partition coefficient (Wildman–Crippen LogP) is 3.33. The molecule has 1 aromatic rings. The van der Waals surface area contributed by atoms with E-state index in [2.05, 4.69) is 51.9 Å². The van der Waals surface area contributed by atoms with Gasteiger partial charge in [0, 0.05) is 25.5 Å². The second-order valence-electron chi connectivity index (χ2n) is 6.80. The minimum Gasteiger partial charge on any atom is -0.381 e. The van der Waals surface area contributed by atoms with Crippen LogP contribution in [0.25, 0.3) is 0 Å². The number of pyridine rings is 1. The van der Waals surface area contributed by atoms with Crippen LogP contribution >= 0.6 is 0 Å². The van der Waals surface area contributed by atoms with E-state index < -0.39 is 0 Å². The Balaban J connectivity index is 2.39. The molecule has 0 spiro atoms. The molecule has 0 aliphatic carbocycles. The first-order chi connectivity index (χ1) is 9.42. The Bertz CT molecular complexity index is 448. The third kappa shape index (κ3) is 3.39. The summed E-state index contributed by atoms with van der Waals surface area (Å²) in [6, 6.07) is 4.52. The van der Waals surface area contributed by atoms with Gasteiger partial charge in [0.2, 0.25) is 0 Å². The van der Waals surface area contributed by atoms with E-state index in [-0.39, 0.29) is 5.41 Å². The zero-order valence-electron chi connectivity index (χ0n) is 13.6. The molecule has 0 N–H and O–H groups in total. The number of nitrogens with zero attached hydrogens (tertiary/aromatic N) is 2. The zero-order chi connectivity index (χ0) is 14.8. The number of hydrogen-bond donors (Lipinski definition) is 0. The van der Waals surface area contributed by atoms with Crippen LogP contribution in [0.4, 0.5) is 0 Å². The fraction of sp³-hybridized carbons (Fsp3) is 0.706. The maximum atomic E-state index is 5.54. The van der Waals surface area contributed by atoms with Crippen LogP contribution in [0, 0.1) is 0 Å². The van der Waals surface area contributed by atoms with Gasteiger partial charge >= 0.3 is 0 Å². The van der Waals surface area contributed by atoms with Gasteiger partial charge in [-0.05, 0) is 49.9 Å². The van der Waals surface area contributed by atoms with E-state index in [9.17, 15) is 0 Å². The van der Waals surface area contributed by atoms with Crippen molar-refractivity contribution in [3.8, 4) is 0 Å². The lowest BCUT2D eigenvalue weighted by atomic mass is 9.75. The van der Waals surface area contributed by atoms with Crippen molar-refractivity contribution in [1.82, 2.24) is 9.88 Å². The molecule has 0 aromatic carbocycles. The molecular weight excluding hydrogens is 248 g/mol. The first-order valence-corrected chi connectivity index (χ1v) is 7.65. The van der Waals surface area contributed by atoms with Crippen LogP contribution in [0.1, 0.15) is 56.5 Å². The highest BCUT2D eigenvalue weighted by molar-refractivity contribution is 5.32. The summed E-state index contributed by atoms with van der Waals surface area (Å²) < 4.78 is 5.54. The molecule has 1 aromatic heterocycles. The normalized spacial score (nSPS) is 18.8. The quantitative estimate of drug-likeness (QED) is 0.843. The monoisotopic (exact) mass is 276 g/mol. The van der Waals surface area contributed by atoms with Crippen molar-refractivity contribution < 1.29 is 4.74 Å². The third-order valence-electron chi connectivity index (χ3n) is 4.30. The van der Waals surface area contributed by atoms with E-state index in [0.29, 0.717) is 5.92 Å². The summed E-state index contributed by atoms with van der Waals surface area (Å²) in [7, 11) is 4.22. The van der Waals surface area contributed by atoms with Gasteiger partial charge in [-0.15, -0.1) is 0 Å². The smallest absolute Gasteiger partial charge is 0.0584 e. The topological polar surface area (TPSA) is 25.4 Å². The summed E-state index contributed by atoms with van der Waals surface area (Å²) in [6.07, 6.45) is 2.19. The third-order valence-corrected chi connectivity index (χ3v) is 4.30. The van der Waals surface area contributed by atoms with Crippen LogP contribution in [0.15, 0.2) is 12.1 Å². The van der Waals surface area contributed by atoms with E-state index in [1.807, 2.05) is 0 Å². The molecule has 2 heterocycles. The summed E-state index contributed by atoms with van der Waals surface area (Å²) in [6.45, 7) is 9.41. The van der Waals surface area contributed by atoms with Crippen LogP contribution in [0.2, 0.25) is 0 Å². The average Bonchev–Trinajstić information content (AvgIpc) is 2.38. The van der Waals surface area contributed by atoms with Gasteiger partial charge < -0.3 is 9.64 Å². The maximum Gasteiger partial charge on any atom is 0.0584 e. The summed E-state index contributed by atoms with van der Waals surface area (Å²) in [4.78, 5) is 7.16. The number of rotatable bonds is 4. The fourth-order valence-corrected chi connectivity index (χ4v) is 2.90. The summed E-state index contributed by atoms with van der Waals surface area (Å²) in [5, 5.41) is 0. The van der Waals surface area contributed by atoms with E-state index in [4.69, 9.17) is 9.72 Å². The molecule has 3 heteroatoms. The second kappa shape index (κ2) is 6.23. The van der Waals surface area contributed by atoms with Crippen molar-refractivity contribution in [2.75, 3.05) is 27.3 Å². The summed E-state index contributed by atoms with van der Waals surface area (Å²) in [5.74, 6) is 0.479. The molecule has 0 unspecified atom stereocenters. The second-order valence-corrected chi connectivity index (χ2v) is 6.80. The molecule has 112 valence electrons. The Hall–Kier alpha value is -0.930. The summed E-state index contributed by atoms with van der Waals surface area (Å²) >= 11 is 0. The molecule has 3 nitrogen and oxygen atoms in total. The highest BCUT2D eigenvalue weighted by atomic mass is 16.5. The van der Waals surface area contributed by atoms with E-state index >= 15 is 0 Å². The minimum atomic E-state index is 0.214. The Morgan fingerprint density at radius 2 is 1.90 bits per heavy atom. The van der Waals surface area contributed by atoms with Gasteiger partial charge in [-0.3, -0.25) is 4.98 Å². The molecule has 0 amide bonds.